The number of rotatable bonds is 4. The molecule has 1 atom stereocenters. The molecule has 1 unspecified atom stereocenters. The summed E-state index contributed by atoms with van der Waals surface area (Å²) in [5, 5.41) is 30.1. The molecule has 2 N–H and O–H groups in total. The average molecular weight is 338 g/mol. The normalized spacial score (nSPS) is 15.7. The smallest absolute Gasteiger partial charge is 0.135 e. The fraction of sp³-hybridized carbons (Fsp3) is 0.278. The number of hydrogen-bond acceptors (Lipinski definition) is 5. The highest BCUT2D eigenvalue weighted by Gasteiger charge is 2.32. The fourth-order valence-corrected chi connectivity index (χ4v) is 3.55. The molecule has 6 heteroatoms. The number of nitrogens with zero attached hydrogens (tertiary/aromatic N) is 3. The van der Waals surface area contributed by atoms with Gasteiger partial charge in [0.05, 0.1) is 29.4 Å². The molecule has 0 radical (unpaired) electrons. The predicted octanol–water partition coefficient (Wildman–Crippen LogP) is 4.04. The van der Waals surface area contributed by atoms with E-state index in [9.17, 15) is 5.11 Å². The van der Waals surface area contributed by atoms with Gasteiger partial charge >= 0.3 is 0 Å². The summed E-state index contributed by atoms with van der Waals surface area (Å²) in [4.78, 5) is 6.48. The molecule has 1 aromatic carbocycles. The van der Waals surface area contributed by atoms with Gasteiger partial charge in [-0.05, 0) is 25.5 Å². The minimum atomic E-state index is 0.204. The molecule has 2 heterocycles. The molecule has 0 bridgehead atoms. The molecule has 1 aliphatic heterocycles. The van der Waals surface area contributed by atoms with Crippen LogP contribution in [0.1, 0.15) is 30.8 Å². The number of benzene rings is 1. The first-order chi connectivity index (χ1) is 11.5. The summed E-state index contributed by atoms with van der Waals surface area (Å²) in [7, 11) is 0. The van der Waals surface area contributed by atoms with Gasteiger partial charge in [-0.2, -0.15) is 5.26 Å². The molecule has 3 rings (SSSR count). The average Bonchev–Trinajstić information content (AvgIpc) is 3.19. The lowest BCUT2D eigenvalue weighted by Gasteiger charge is -2.25. The van der Waals surface area contributed by atoms with Gasteiger partial charge in [0.15, 0.2) is 0 Å². The molecule has 1 aromatic heterocycles. The molecule has 2 aromatic rings. The maximum Gasteiger partial charge on any atom is 0.135 e. The summed E-state index contributed by atoms with van der Waals surface area (Å²) in [5.41, 5.74) is 2.84. The summed E-state index contributed by atoms with van der Waals surface area (Å²) >= 11 is 1.42. The number of aliphatic hydroxyl groups excluding tert-OH is 1. The van der Waals surface area contributed by atoms with E-state index in [1.165, 1.54) is 11.3 Å². The second-order valence-electron chi connectivity index (χ2n) is 5.78. The third kappa shape index (κ3) is 2.79. The summed E-state index contributed by atoms with van der Waals surface area (Å²) in [5.74, 6) is 0.545. The molecule has 0 saturated carbocycles. The van der Waals surface area contributed by atoms with Crippen LogP contribution in [0.4, 0.5) is 0 Å². The monoisotopic (exact) mass is 338 g/mol. The van der Waals surface area contributed by atoms with Crippen LogP contribution in [0, 0.1) is 16.7 Å². The van der Waals surface area contributed by atoms with Gasteiger partial charge in [0.25, 0.3) is 0 Å². The number of thiazole rings is 1. The quantitative estimate of drug-likeness (QED) is 0.881. The number of nitriles is 1. The number of nitrogens with one attached hydrogen (secondary N) is 1. The van der Waals surface area contributed by atoms with Crippen molar-refractivity contribution in [3.05, 3.63) is 46.0 Å². The molecule has 0 fully saturated rings. The van der Waals surface area contributed by atoms with Gasteiger partial charge in [-0.1, -0.05) is 19.1 Å². The van der Waals surface area contributed by atoms with Crippen LogP contribution in [0.15, 0.2) is 35.4 Å². The van der Waals surface area contributed by atoms with E-state index in [0.717, 1.165) is 17.7 Å². The van der Waals surface area contributed by atoms with Crippen molar-refractivity contribution >= 4 is 22.7 Å². The van der Waals surface area contributed by atoms with Crippen molar-refractivity contribution in [2.24, 2.45) is 0 Å². The van der Waals surface area contributed by atoms with E-state index >= 15 is 0 Å². The van der Waals surface area contributed by atoms with Crippen LogP contribution >= 0.6 is 11.3 Å². The molecular weight excluding hydrogens is 320 g/mol. The first-order valence-corrected chi connectivity index (χ1v) is 8.67. The zero-order valence-electron chi connectivity index (χ0n) is 13.6. The Morgan fingerprint density at radius 1 is 1.42 bits per heavy atom. The molecule has 5 nitrogen and oxygen atoms in total. The summed E-state index contributed by atoms with van der Waals surface area (Å²) in [6.45, 7) is 4.49. The lowest BCUT2D eigenvalue weighted by molar-refractivity contribution is 0.301. The topological polar surface area (TPSA) is 84.0 Å². The van der Waals surface area contributed by atoms with Crippen molar-refractivity contribution in [1.29, 1.82) is 10.7 Å². The van der Waals surface area contributed by atoms with Crippen LogP contribution in [0.25, 0.3) is 16.8 Å². The van der Waals surface area contributed by atoms with Crippen molar-refractivity contribution in [3.8, 4) is 17.3 Å². The lowest BCUT2D eigenvalue weighted by Crippen LogP contribution is -2.34. The molecule has 0 saturated heterocycles. The largest absolute Gasteiger partial charge is 0.510 e. The lowest BCUT2D eigenvalue weighted by atomic mass is 10.1. The minimum Gasteiger partial charge on any atom is -0.510 e. The third-order valence-corrected chi connectivity index (χ3v) is 5.14. The highest BCUT2D eigenvalue weighted by Crippen LogP contribution is 2.33. The van der Waals surface area contributed by atoms with Crippen molar-refractivity contribution in [2.45, 2.75) is 26.3 Å². The Balaban J connectivity index is 1.89. The zero-order chi connectivity index (χ0) is 17.3. The zero-order valence-corrected chi connectivity index (χ0v) is 14.4. The number of aromatic nitrogens is 1. The van der Waals surface area contributed by atoms with Gasteiger partial charge in [-0.25, -0.2) is 4.98 Å². The van der Waals surface area contributed by atoms with E-state index in [0.29, 0.717) is 28.5 Å². The second kappa shape index (κ2) is 6.46. The van der Waals surface area contributed by atoms with Crippen LogP contribution in [0.3, 0.4) is 0 Å². The Labute approximate surface area is 145 Å². The van der Waals surface area contributed by atoms with Gasteiger partial charge in [-0.15, -0.1) is 11.3 Å². The van der Waals surface area contributed by atoms with Crippen molar-refractivity contribution in [2.75, 3.05) is 6.54 Å². The van der Waals surface area contributed by atoms with Crippen LogP contribution in [0.2, 0.25) is 0 Å². The Morgan fingerprint density at radius 2 is 2.12 bits per heavy atom. The number of aliphatic hydroxyl groups is 1. The second-order valence-corrected chi connectivity index (χ2v) is 6.64. The van der Waals surface area contributed by atoms with Gasteiger partial charge in [0.2, 0.25) is 0 Å². The standard InChI is InChI=1S/C18H18N4OS/c1-3-11(2)22-9-15(23)16(17(22)20)18-21-14(10-24-18)13-6-4-12(8-19)5-7-13/h4-7,10-11,20,23H,3,9H2,1-2H3. The first kappa shape index (κ1) is 16.2. The maximum atomic E-state index is 10.3. The molecule has 24 heavy (non-hydrogen) atoms. The van der Waals surface area contributed by atoms with Crippen molar-refractivity contribution < 1.29 is 5.11 Å². The number of amidine groups is 1. The van der Waals surface area contributed by atoms with Gasteiger partial charge in [0.1, 0.15) is 16.6 Å². The van der Waals surface area contributed by atoms with E-state index in [1.807, 2.05) is 22.4 Å². The molecule has 0 aliphatic carbocycles. The van der Waals surface area contributed by atoms with Crippen molar-refractivity contribution in [1.82, 2.24) is 9.88 Å². The summed E-state index contributed by atoms with van der Waals surface area (Å²) < 4.78 is 0. The number of hydrogen-bond donors (Lipinski definition) is 2. The van der Waals surface area contributed by atoms with E-state index in [2.05, 4.69) is 24.9 Å². The summed E-state index contributed by atoms with van der Waals surface area (Å²) in [6, 6.07) is 9.53. The SMILES string of the molecule is CCC(C)N1CC(O)=C(c2nc(-c3ccc(C#N)cc3)cs2)C1=N. The molecular formula is C18H18N4OS. The van der Waals surface area contributed by atoms with Crippen LogP contribution in [-0.4, -0.2) is 33.4 Å². The van der Waals surface area contributed by atoms with Crippen LogP contribution in [0.5, 0.6) is 0 Å². The summed E-state index contributed by atoms with van der Waals surface area (Å²) in [6.07, 6.45) is 0.914. The van der Waals surface area contributed by atoms with Crippen molar-refractivity contribution in [3.63, 3.8) is 0 Å². The Hall–Kier alpha value is -2.65. The molecule has 0 spiro atoms. The minimum absolute atomic E-state index is 0.204. The van der Waals surface area contributed by atoms with E-state index in [1.54, 1.807) is 12.1 Å². The molecule has 122 valence electrons. The predicted molar refractivity (Wildman–Crippen MR) is 96.0 cm³/mol. The highest BCUT2D eigenvalue weighted by atomic mass is 32.1. The molecule has 1 aliphatic rings. The molecule has 0 amide bonds. The Bertz CT molecular complexity index is 845. The Kier molecular flexibility index (Phi) is 4.36. The van der Waals surface area contributed by atoms with Gasteiger partial charge in [-0.3, -0.25) is 5.41 Å². The van der Waals surface area contributed by atoms with E-state index < -0.39 is 0 Å². The Morgan fingerprint density at radius 3 is 2.75 bits per heavy atom. The van der Waals surface area contributed by atoms with E-state index in [-0.39, 0.29) is 11.8 Å². The van der Waals surface area contributed by atoms with Gasteiger partial charge in [0, 0.05) is 17.0 Å². The first-order valence-electron chi connectivity index (χ1n) is 7.79. The van der Waals surface area contributed by atoms with Gasteiger partial charge < -0.3 is 10.0 Å². The third-order valence-electron chi connectivity index (χ3n) is 4.28. The highest BCUT2D eigenvalue weighted by molar-refractivity contribution is 7.11. The van der Waals surface area contributed by atoms with Crippen LogP contribution < -0.4 is 0 Å². The van der Waals surface area contributed by atoms with E-state index in [4.69, 9.17) is 10.7 Å². The van der Waals surface area contributed by atoms with Crippen LogP contribution in [-0.2, 0) is 0 Å². The fourth-order valence-electron chi connectivity index (χ4n) is 2.66. The maximum absolute atomic E-state index is 10.3.